The Morgan fingerprint density at radius 3 is 2.80 bits per heavy atom. The van der Waals surface area contributed by atoms with Gasteiger partial charge in [-0.1, -0.05) is 20.3 Å². The number of aliphatic hydroxyl groups excluding tert-OH is 1. The molecule has 2 nitrogen and oxygen atoms in total. The molecule has 1 aromatic heterocycles. The zero-order chi connectivity index (χ0) is 11.3. The van der Waals surface area contributed by atoms with E-state index < -0.39 is 0 Å². The highest BCUT2D eigenvalue weighted by Gasteiger charge is 2.05. The fourth-order valence-electron chi connectivity index (χ4n) is 1.20. The molecule has 3 heteroatoms. The number of rotatable bonds is 5. The zero-order valence-corrected chi connectivity index (χ0v) is 10.5. The number of aliphatic hydroxyl groups is 1. The normalized spacial score (nSPS) is 12.8. The van der Waals surface area contributed by atoms with Gasteiger partial charge in [-0.25, -0.2) is 4.98 Å². The van der Waals surface area contributed by atoms with Crippen molar-refractivity contribution in [3.8, 4) is 0 Å². The molecule has 1 rings (SSSR count). The van der Waals surface area contributed by atoms with E-state index in [1.165, 1.54) is 6.42 Å². The molecule has 0 saturated heterocycles. The van der Waals surface area contributed by atoms with Crippen LogP contribution in [-0.2, 0) is 6.61 Å². The van der Waals surface area contributed by atoms with Crippen molar-refractivity contribution in [1.29, 1.82) is 0 Å². The van der Waals surface area contributed by atoms with Gasteiger partial charge in [0.25, 0.3) is 0 Å². The maximum atomic E-state index is 8.96. The first kappa shape index (κ1) is 12.5. The van der Waals surface area contributed by atoms with E-state index in [0.29, 0.717) is 0 Å². The topological polar surface area (TPSA) is 33.1 Å². The average molecular weight is 225 g/mol. The van der Waals surface area contributed by atoms with Gasteiger partial charge in [0.1, 0.15) is 0 Å². The predicted octanol–water partition coefficient (Wildman–Crippen LogP) is 3.02. The van der Waals surface area contributed by atoms with Crippen molar-refractivity contribution in [1.82, 2.24) is 4.98 Å². The number of hydrogen-bond donors (Lipinski definition) is 1. The molecule has 0 fully saturated rings. The lowest BCUT2D eigenvalue weighted by Gasteiger charge is -2.09. The first-order valence-corrected chi connectivity index (χ1v) is 6.35. The number of pyridine rings is 1. The minimum absolute atomic E-state index is 0.0736. The van der Waals surface area contributed by atoms with Crippen LogP contribution in [0.4, 0.5) is 0 Å². The lowest BCUT2D eigenvalue weighted by Crippen LogP contribution is -1.97. The lowest BCUT2D eigenvalue weighted by atomic mass is 10.2. The van der Waals surface area contributed by atoms with Gasteiger partial charge in [-0.05, 0) is 30.0 Å². The fraction of sp³-hybridized carbons (Fsp3) is 0.583. The molecule has 0 spiro atoms. The standard InChI is InChI=1S/C12H19NOS/c1-4-9(2)8-15-12-10(3)5-11(7-14)6-13-12/h5-6,9,14H,4,7-8H2,1-3H3. The molecular formula is C12H19NOS. The number of aryl methyl sites for hydroxylation is 1. The molecule has 0 radical (unpaired) electrons. The maximum Gasteiger partial charge on any atom is 0.0989 e. The van der Waals surface area contributed by atoms with E-state index in [0.717, 1.165) is 27.8 Å². The highest BCUT2D eigenvalue weighted by atomic mass is 32.2. The Labute approximate surface area is 96.1 Å². The third-order valence-corrected chi connectivity index (χ3v) is 3.91. The van der Waals surface area contributed by atoms with E-state index in [-0.39, 0.29) is 6.61 Å². The summed E-state index contributed by atoms with van der Waals surface area (Å²) in [7, 11) is 0. The molecule has 1 N–H and O–H groups in total. The Morgan fingerprint density at radius 2 is 2.27 bits per heavy atom. The third-order valence-electron chi connectivity index (χ3n) is 2.47. The molecule has 0 aliphatic carbocycles. The quantitative estimate of drug-likeness (QED) is 0.782. The van der Waals surface area contributed by atoms with Crippen LogP contribution in [0.25, 0.3) is 0 Å². The van der Waals surface area contributed by atoms with Gasteiger partial charge >= 0.3 is 0 Å². The van der Waals surface area contributed by atoms with Crippen LogP contribution in [0, 0.1) is 12.8 Å². The summed E-state index contributed by atoms with van der Waals surface area (Å²) < 4.78 is 0. The Morgan fingerprint density at radius 1 is 1.53 bits per heavy atom. The molecule has 0 aromatic carbocycles. The summed E-state index contributed by atoms with van der Waals surface area (Å²) in [4.78, 5) is 4.36. The summed E-state index contributed by atoms with van der Waals surface area (Å²) in [5.41, 5.74) is 2.05. The third kappa shape index (κ3) is 3.84. The molecule has 0 saturated carbocycles. The van der Waals surface area contributed by atoms with Crippen LogP contribution in [0.1, 0.15) is 31.4 Å². The summed E-state index contributed by atoms with van der Waals surface area (Å²) in [5.74, 6) is 1.84. The van der Waals surface area contributed by atoms with E-state index in [9.17, 15) is 0 Å². The Kier molecular flexibility index (Phi) is 5.12. The smallest absolute Gasteiger partial charge is 0.0989 e. The van der Waals surface area contributed by atoms with Gasteiger partial charge < -0.3 is 5.11 Å². The maximum absolute atomic E-state index is 8.96. The van der Waals surface area contributed by atoms with Crippen molar-refractivity contribution in [3.63, 3.8) is 0 Å². The minimum atomic E-state index is 0.0736. The number of aromatic nitrogens is 1. The van der Waals surface area contributed by atoms with Crippen LogP contribution in [0.15, 0.2) is 17.3 Å². The monoisotopic (exact) mass is 225 g/mol. The van der Waals surface area contributed by atoms with E-state index in [2.05, 4.69) is 18.8 Å². The highest BCUT2D eigenvalue weighted by molar-refractivity contribution is 7.99. The van der Waals surface area contributed by atoms with Gasteiger partial charge in [-0.3, -0.25) is 0 Å². The molecular weight excluding hydrogens is 206 g/mol. The Bertz CT molecular complexity index is 314. The summed E-state index contributed by atoms with van der Waals surface area (Å²) in [6.45, 7) is 6.58. The summed E-state index contributed by atoms with van der Waals surface area (Å²) in [5, 5.41) is 10.1. The zero-order valence-electron chi connectivity index (χ0n) is 9.66. The molecule has 0 amide bonds. The molecule has 1 heterocycles. The summed E-state index contributed by atoms with van der Waals surface area (Å²) >= 11 is 1.81. The van der Waals surface area contributed by atoms with Crippen molar-refractivity contribution in [3.05, 3.63) is 23.4 Å². The minimum Gasteiger partial charge on any atom is -0.392 e. The van der Waals surface area contributed by atoms with Crippen molar-refractivity contribution >= 4 is 11.8 Å². The van der Waals surface area contributed by atoms with Crippen molar-refractivity contribution in [2.75, 3.05) is 5.75 Å². The number of thioether (sulfide) groups is 1. The van der Waals surface area contributed by atoms with Gasteiger partial charge in [0.2, 0.25) is 0 Å². The van der Waals surface area contributed by atoms with Crippen LogP contribution in [-0.4, -0.2) is 15.8 Å². The summed E-state index contributed by atoms with van der Waals surface area (Å²) in [6.07, 6.45) is 2.96. The first-order chi connectivity index (χ1) is 7.17. The predicted molar refractivity (Wildman–Crippen MR) is 65.1 cm³/mol. The van der Waals surface area contributed by atoms with Crippen molar-refractivity contribution < 1.29 is 5.11 Å². The van der Waals surface area contributed by atoms with Gasteiger partial charge in [0, 0.05) is 11.9 Å². The van der Waals surface area contributed by atoms with Crippen LogP contribution in [0.2, 0.25) is 0 Å². The number of nitrogens with zero attached hydrogens (tertiary/aromatic N) is 1. The van der Waals surface area contributed by atoms with Crippen molar-refractivity contribution in [2.24, 2.45) is 5.92 Å². The van der Waals surface area contributed by atoms with Gasteiger partial charge in [-0.15, -0.1) is 11.8 Å². The highest BCUT2D eigenvalue weighted by Crippen LogP contribution is 2.23. The van der Waals surface area contributed by atoms with Crippen LogP contribution < -0.4 is 0 Å². The molecule has 0 aliphatic rings. The molecule has 0 bridgehead atoms. The summed E-state index contributed by atoms with van der Waals surface area (Å²) in [6, 6.07) is 2.01. The van der Waals surface area contributed by atoms with Gasteiger partial charge in [0.15, 0.2) is 0 Å². The second-order valence-electron chi connectivity index (χ2n) is 3.95. The second kappa shape index (κ2) is 6.13. The lowest BCUT2D eigenvalue weighted by molar-refractivity contribution is 0.281. The van der Waals surface area contributed by atoms with Crippen LogP contribution >= 0.6 is 11.8 Å². The van der Waals surface area contributed by atoms with Gasteiger partial charge in [-0.2, -0.15) is 0 Å². The molecule has 1 unspecified atom stereocenters. The largest absolute Gasteiger partial charge is 0.392 e. The van der Waals surface area contributed by atoms with E-state index >= 15 is 0 Å². The van der Waals surface area contributed by atoms with E-state index in [1.807, 2.05) is 13.0 Å². The van der Waals surface area contributed by atoms with Crippen molar-refractivity contribution in [2.45, 2.75) is 38.8 Å². The Balaban J connectivity index is 2.62. The molecule has 1 atom stereocenters. The van der Waals surface area contributed by atoms with E-state index in [1.54, 1.807) is 18.0 Å². The number of hydrogen-bond acceptors (Lipinski definition) is 3. The molecule has 1 aromatic rings. The molecule has 84 valence electrons. The average Bonchev–Trinajstić information content (AvgIpc) is 2.26. The van der Waals surface area contributed by atoms with Crippen LogP contribution in [0.3, 0.4) is 0 Å². The fourth-order valence-corrected chi connectivity index (χ4v) is 2.29. The Hall–Kier alpha value is -0.540. The van der Waals surface area contributed by atoms with Crippen LogP contribution in [0.5, 0.6) is 0 Å². The second-order valence-corrected chi connectivity index (χ2v) is 4.96. The molecule has 0 aliphatic heterocycles. The first-order valence-electron chi connectivity index (χ1n) is 5.36. The molecule has 15 heavy (non-hydrogen) atoms. The SMILES string of the molecule is CCC(C)CSc1ncc(CO)cc1C. The van der Waals surface area contributed by atoms with E-state index in [4.69, 9.17) is 5.11 Å². The van der Waals surface area contributed by atoms with Gasteiger partial charge in [0.05, 0.1) is 11.6 Å².